The quantitative estimate of drug-likeness (QED) is 0.302. The molecule has 0 radical (unpaired) electrons. The van der Waals surface area contributed by atoms with Crippen molar-refractivity contribution in [3.8, 4) is 0 Å². The van der Waals surface area contributed by atoms with Crippen LogP contribution in [0.5, 0.6) is 0 Å². The second-order valence-corrected chi connectivity index (χ2v) is 10.6. The Morgan fingerprint density at radius 3 is 2.30 bits per heavy atom. The third-order valence-electron chi connectivity index (χ3n) is 7.03. The Morgan fingerprint density at radius 1 is 0.865 bits per heavy atom. The average molecular weight is 538 g/mol. The molecule has 2 amide bonds. The van der Waals surface area contributed by atoms with Crippen LogP contribution in [0.2, 0.25) is 10.0 Å². The molecule has 3 aromatic carbocycles. The summed E-state index contributed by atoms with van der Waals surface area (Å²) >= 11 is 12.6. The van der Waals surface area contributed by atoms with Gasteiger partial charge in [-0.05, 0) is 54.2 Å². The van der Waals surface area contributed by atoms with E-state index in [0.717, 1.165) is 42.4 Å². The van der Waals surface area contributed by atoms with Gasteiger partial charge in [-0.25, -0.2) is 0 Å². The van der Waals surface area contributed by atoms with Crippen LogP contribution in [0.15, 0.2) is 78.9 Å². The SMILES string of the molecule is O=C(NC1CCCCC1)[C@H](Cc1ccccc1)N(Cc1cccc(Cl)c1)C(=O)CCc1ccccc1Cl. The van der Waals surface area contributed by atoms with Crippen molar-refractivity contribution in [2.24, 2.45) is 0 Å². The number of nitrogens with zero attached hydrogens (tertiary/aromatic N) is 1. The van der Waals surface area contributed by atoms with E-state index in [4.69, 9.17) is 23.2 Å². The zero-order chi connectivity index (χ0) is 26.0. The monoisotopic (exact) mass is 536 g/mol. The molecule has 0 heterocycles. The molecule has 0 saturated heterocycles. The fourth-order valence-corrected chi connectivity index (χ4v) is 5.46. The van der Waals surface area contributed by atoms with Gasteiger partial charge in [0.25, 0.3) is 0 Å². The van der Waals surface area contributed by atoms with E-state index in [9.17, 15) is 9.59 Å². The lowest BCUT2D eigenvalue weighted by molar-refractivity contribution is -0.141. The average Bonchev–Trinajstić information content (AvgIpc) is 2.91. The number of amides is 2. The van der Waals surface area contributed by atoms with Crippen LogP contribution in [0.25, 0.3) is 0 Å². The number of carbonyl (C=O) groups excluding carboxylic acids is 2. The van der Waals surface area contributed by atoms with Gasteiger partial charge in [-0.1, -0.05) is 103 Å². The summed E-state index contributed by atoms with van der Waals surface area (Å²) in [5.74, 6) is -0.177. The molecule has 1 aliphatic rings. The van der Waals surface area contributed by atoms with Gasteiger partial charge in [0, 0.05) is 35.5 Å². The topological polar surface area (TPSA) is 49.4 Å². The predicted molar refractivity (Wildman–Crippen MR) is 151 cm³/mol. The maximum atomic E-state index is 13.8. The second kappa shape index (κ2) is 13.6. The molecule has 3 aromatic rings. The third-order valence-corrected chi connectivity index (χ3v) is 7.63. The first-order chi connectivity index (χ1) is 18.0. The molecule has 37 heavy (non-hydrogen) atoms. The Kier molecular flexibility index (Phi) is 10.0. The van der Waals surface area contributed by atoms with Crippen LogP contribution in [0, 0.1) is 0 Å². The minimum atomic E-state index is -0.637. The first kappa shape index (κ1) is 27.2. The van der Waals surface area contributed by atoms with Crippen molar-refractivity contribution in [2.75, 3.05) is 0 Å². The summed E-state index contributed by atoms with van der Waals surface area (Å²) in [5.41, 5.74) is 2.83. The third kappa shape index (κ3) is 8.08. The summed E-state index contributed by atoms with van der Waals surface area (Å²) in [6.45, 7) is 0.303. The molecule has 1 fully saturated rings. The van der Waals surface area contributed by atoms with Gasteiger partial charge in [0.15, 0.2) is 0 Å². The van der Waals surface area contributed by atoms with Crippen LogP contribution in [-0.4, -0.2) is 28.8 Å². The van der Waals surface area contributed by atoms with E-state index < -0.39 is 6.04 Å². The van der Waals surface area contributed by atoms with E-state index in [1.165, 1.54) is 6.42 Å². The van der Waals surface area contributed by atoms with Crippen molar-refractivity contribution in [3.63, 3.8) is 0 Å². The number of benzene rings is 3. The zero-order valence-electron chi connectivity index (χ0n) is 21.0. The minimum absolute atomic E-state index is 0.0837. The van der Waals surface area contributed by atoms with Gasteiger partial charge < -0.3 is 10.2 Å². The lowest BCUT2D eigenvalue weighted by atomic mass is 9.94. The highest BCUT2D eigenvalue weighted by Gasteiger charge is 2.31. The van der Waals surface area contributed by atoms with Gasteiger partial charge in [-0.2, -0.15) is 0 Å². The first-order valence-electron chi connectivity index (χ1n) is 13.1. The molecule has 0 aliphatic heterocycles. The Morgan fingerprint density at radius 2 is 1.57 bits per heavy atom. The van der Waals surface area contributed by atoms with E-state index in [1.54, 1.807) is 4.90 Å². The molecule has 4 rings (SSSR count). The summed E-state index contributed by atoms with van der Waals surface area (Å²) in [6, 6.07) is 24.5. The molecule has 1 N–H and O–H groups in total. The molecular weight excluding hydrogens is 503 g/mol. The number of hydrogen-bond acceptors (Lipinski definition) is 2. The van der Waals surface area contributed by atoms with Crippen LogP contribution in [-0.2, 0) is 29.0 Å². The van der Waals surface area contributed by atoms with E-state index in [-0.39, 0.29) is 24.3 Å². The van der Waals surface area contributed by atoms with Crippen molar-refractivity contribution < 1.29 is 9.59 Å². The van der Waals surface area contributed by atoms with E-state index >= 15 is 0 Å². The molecule has 0 spiro atoms. The number of rotatable bonds is 10. The molecule has 0 aromatic heterocycles. The smallest absolute Gasteiger partial charge is 0.243 e. The Hall–Kier alpha value is -2.82. The fraction of sp³-hybridized carbons (Fsp3) is 0.355. The first-order valence-corrected chi connectivity index (χ1v) is 13.9. The summed E-state index contributed by atoms with van der Waals surface area (Å²) < 4.78 is 0. The molecular formula is C31H34Cl2N2O2. The maximum Gasteiger partial charge on any atom is 0.243 e. The van der Waals surface area contributed by atoms with Crippen LogP contribution in [0.4, 0.5) is 0 Å². The summed E-state index contributed by atoms with van der Waals surface area (Å²) in [6.07, 6.45) is 6.63. The van der Waals surface area contributed by atoms with Crippen molar-refractivity contribution in [1.82, 2.24) is 10.2 Å². The summed E-state index contributed by atoms with van der Waals surface area (Å²) in [7, 11) is 0. The highest BCUT2D eigenvalue weighted by molar-refractivity contribution is 6.31. The van der Waals surface area contributed by atoms with E-state index in [2.05, 4.69) is 5.32 Å². The number of carbonyl (C=O) groups is 2. The molecule has 1 atom stereocenters. The molecule has 0 bridgehead atoms. The molecule has 4 nitrogen and oxygen atoms in total. The summed E-state index contributed by atoms with van der Waals surface area (Å²) in [4.78, 5) is 29.3. The van der Waals surface area contributed by atoms with Gasteiger partial charge in [0.2, 0.25) is 11.8 Å². The Balaban J connectivity index is 1.62. The highest BCUT2D eigenvalue weighted by atomic mass is 35.5. The van der Waals surface area contributed by atoms with Gasteiger partial charge in [-0.15, -0.1) is 0 Å². The van der Waals surface area contributed by atoms with E-state index in [0.29, 0.717) is 29.4 Å². The van der Waals surface area contributed by atoms with Crippen LogP contribution >= 0.6 is 23.2 Å². The lowest BCUT2D eigenvalue weighted by Gasteiger charge is -2.33. The maximum absolute atomic E-state index is 13.8. The number of hydrogen-bond donors (Lipinski definition) is 1. The lowest BCUT2D eigenvalue weighted by Crippen LogP contribution is -2.52. The van der Waals surface area contributed by atoms with Gasteiger partial charge >= 0.3 is 0 Å². The standard InChI is InChI=1S/C31H34Cl2N2O2/c32-26-14-9-12-24(20-26)22-35(30(36)19-18-25-13-7-8-17-28(25)33)29(21-23-10-3-1-4-11-23)31(37)34-27-15-5-2-6-16-27/h1,3-4,7-14,17,20,27,29H,2,5-6,15-16,18-19,21-22H2,(H,34,37)/t29-/m0/s1. The van der Waals surface area contributed by atoms with Gasteiger partial charge in [-0.3, -0.25) is 9.59 Å². The molecule has 0 unspecified atom stereocenters. The van der Waals surface area contributed by atoms with Crippen molar-refractivity contribution in [3.05, 3.63) is 106 Å². The number of nitrogens with one attached hydrogen (secondary N) is 1. The van der Waals surface area contributed by atoms with Gasteiger partial charge in [0.1, 0.15) is 6.04 Å². The van der Waals surface area contributed by atoms with Crippen molar-refractivity contribution in [2.45, 2.75) is 70.0 Å². The van der Waals surface area contributed by atoms with Crippen LogP contribution < -0.4 is 5.32 Å². The zero-order valence-corrected chi connectivity index (χ0v) is 22.6. The fourth-order valence-electron chi connectivity index (χ4n) is 5.02. The minimum Gasteiger partial charge on any atom is -0.352 e. The van der Waals surface area contributed by atoms with Crippen molar-refractivity contribution in [1.29, 1.82) is 0 Å². The molecule has 1 saturated carbocycles. The van der Waals surface area contributed by atoms with Crippen LogP contribution in [0.1, 0.15) is 55.2 Å². The molecule has 6 heteroatoms. The van der Waals surface area contributed by atoms with Crippen molar-refractivity contribution >= 4 is 35.0 Å². The number of halogens is 2. The molecule has 1 aliphatic carbocycles. The Labute approximate surface area is 230 Å². The normalized spacial score (nSPS) is 14.6. The van der Waals surface area contributed by atoms with Gasteiger partial charge in [0.05, 0.1) is 0 Å². The highest BCUT2D eigenvalue weighted by Crippen LogP contribution is 2.22. The summed E-state index contributed by atoms with van der Waals surface area (Å²) in [5, 5.41) is 4.52. The largest absolute Gasteiger partial charge is 0.352 e. The predicted octanol–water partition coefficient (Wildman–Crippen LogP) is 7.02. The van der Waals surface area contributed by atoms with Crippen LogP contribution in [0.3, 0.4) is 0 Å². The number of aryl methyl sites for hydroxylation is 1. The van der Waals surface area contributed by atoms with E-state index in [1.807, 2.05) is 78.9 Å². The molecule has 194 valence electrons. The second-order valence-electron chi connectivity index (χ2n) is 9.79. The Bertz CT molecular complexity index is 1180.